The molecule has 1 aromatic carbocycles. The van der Waals surface area contributed by atoms with Crippen molar-refractivity contribution in [3.63, 3.8) is 0 Å². The van der Waals surface area contributed by atoms with Gasteiger partial charge in [-0.2, -0.15) is 0 Å². The van der Waals surface area contributed by atoms with E-state index in [1.54, 1.807) is 0 Å². The highest BCUT2D eigenvalue weighted by molar-refractivity contribution is 5.51. The lowest BCUT2D eigenvalue weighted by Gasteiger charge is -2.20. The van der Waals surface area contributed by atoms with Crippen LogP contribution in [-0.2, 0) is 0 Å². The van der Waals surface area contributed by atoms with Gasteiger partial charge in [0, 0.05) is 6.04 Å². The second-order valence-electron chi connectivity index (χ2n) is 4.42. The van der Waals surface area contributed by atoms with Gasteiger partial charge in [-0.25, -0.2) is 0 Å². The number of benzene rings is 1. The fourth-order valence-corrected chi connectivity index (χ4v) is 2.11. The van der Waals surface area contributed by atoms with Crippen LogP contribution in [-0.4, -0.2) is 19.2 Å². The van der Waals surface area contributed by atoms with E-state index < -0.39 is 0 Å². The van der Waals surface area contributed by atoms with E-state index in [2.05, 4.69) is 29.6 Å². The summed E-state index contributed by atoms with van der Waals surface area (Å²) in [6.45, 7) is 3.88. The maximum absolute atomic E-state index is 5.42. The number of hydrogen-bond donors (Lipinski definition) is 1. The molecule has 1 unspecified atom stereocenters. The second-order valence-corrected chi connectivity index (χ2v) is 4.42. The van der Waals surface area contributed by atoms with Crippen molar-refractivity contribution >= 4 is 6.08 Å². The Balaban J connectivity index is 1.91. The molecule has 1 fully saturated rings. The number of rotatable bonds is 4. The fraction of sp³-hybridized carbons (Fsp3) is 0.467. The van der Waals surface area contributed by atoms with Gasteiger partial charge in [-0.15, -0.1) is 0 Å². The Bertz CT molecular complexity index is 350. The van der Waals surface area contributed by atoms with Crippen molar-refractivity contribution in [1.82, 2.24) is 5.32 Å². The van der Waals surface area contributed by atoms with Crippen LogP contribution in [0.25, 0.3) is 6.08 Å². The molecule has 0 saturated carbocycles. The van der Waals surface area contributed by atoms with Gasteiger partial charge in [0.25, 0.3) is 0 Å². The Kier molecular flexibility index (Phi) is 4.63. The molecule has 0 aliphatic carbocycles. The minimum absolute atomic E-state index is 0.551. The molecule has 1 aliphatic rings. The summed E-state index contributed by atoms with van der Waals surface area (Å²) in [5.74, 6) is 0.945. The summed E-state index contributed by atoms with van der Waals surface area (Å²) in [4.78, 5) is 0. The molecule has 0 radical (unpaired) electrons. The van der Waals surface area contributed by atoms with Crippen molar-refractivity contribution in [3.8, 4) is 5.75 Å². The Morgan fingerprint density at radius 2 is 2.12 bits per heavy atom. The summed E-state index contributed by atoms with van der Waals surface area (Å²) >= 11 is 0. The van der Waals surface area contributed by atoms with Gasteiger partial charge >= 0.3 is 0 Å². The highest BCUT2D eigenvalue weighted by Gasteiger charge is 2.07. The van der Waals surface area contributed by atoms with Crippen LogP contribution >= 0.6 is 0 Å². The Hall–Kier alpha value is -1.28. The van der Waals surface area contributed by atoms with E-state index in [1.807, 2.05) is 19.1 Å². The van der Waals surface area contributed by atoms with E-state index in [-0.39, 0.29) is 0 Å². The molecule has 17 heavy (non-hydrogen) atoms. The van der Waals surface area contributed by atoms with Gasteiger partial charge in [-0.05, 0) is 44.0 Å². The fourth-order valence-electron chi connectivity index (χ4n) is 2.11. The SMILES string of the molecule is CCOc1ccc(/C=C/C2CCCCN2)cc1. The maximum Gasteiger partial charge on any atom is 0.119 e. The van der Waals surface area contributed by atoms with Gasteiger partial charge in [0.1, 0.15) is 5.75 Å². The molecule has 0 spiro atoms. The van der Waals surface area contributed by atoms with Crippen molar-refractivity contribution in [2.45, 2.75) is 32.2 Å². The molecule has 2 rings (SSSR count). The van der Waals surface area contributed by atoms with Crippen LogP contribution < -0.4 is 10.1 Å². The standard InChI is InChI=1S/C15H21NO/c1-2-17-15-10-7-13(8-11-15)6-9-14-5-3-4-12-16-14/h6-11,14,16H,2-5,12H2,1H3/b9-6+. The number of ether oxygens (including phenoxy) is 1. The van der Waals surface area contributed by atoms with Gasteiger partial charge < -0.3 is 10.1 Å². The molecule has 1 heterocycles. The third-order valence-corrected chi connectivity index (χ3v) is 3.06. The predicted molar refractivity (Wildman–Crippen MR) is 72.3 cm³/mol. The van der Waals surface area contributed by atoms with Crippen molar-refractivity contribution in [2.24, 2.45) is 0 Å². The average Bonchev–Trinajstić information content (AvgIpc) is 2.40. The van der Waals surface area contributed by atoms with Gasteiger partial charge in [0.2, 0.25) is 0 Å². The van der Waals surface area contributed by atoms with E-state index in [4.69, 9.17) is 4.74 Å². The van der Waals surface area contributed by atoms with Gasteiger partial charge in [0.15, 0.2) is 0 Å². The number of piperidine rings is 1. The predicted octanol–water partition coefficient (Wildman–Crippen LogP) is 3.24. The summed E-state index contributed by atoms with van der Waals surface area (Å²) < 4.78 is 5.42. The van der Waals surface area contributed by atoms with Gasteiger partial charge in [-0.3, -0.25) is 0 Å². The lowest BCUT2D eigenvalue weighted by molar-refractivity contribution is 0.340. The molecule has 1 N–H and O–H groups in total. The third-order valence-electron chi connectivity index (χ3n) is 3.06. The molecular weight excluding hydrogens is 210 g/mol. The molecule has 1 aromatic rings. The largest absolute Gasteiger partial charge is 0.494 e. The molecule has 1 aliphatic heterocycles. The monoisotopic (exact) mass is 231 g/mol. The second kappa shape index (κ2) is 6.45. The van der Waals surface area contributed by atoms with Gasteiger partial charge in [-0.1, -0.05) is 30.7 Å². The molecule has 2 nitrogen and oxygen atoms in total. The Labute approximate surface area is 104 Å². The van der Waals surface area contributed by atoms with Crippen LogP contribution in [0.4, 0.5) is 0 Å². The Morgan fingerprint density at radius 1 is 1.29 bits per heavy atom. The lowest BCUT2D eigenvalue weighted by atomic mass is 10.0. The summed E-state index contributed by atoms with van der Waals surface area (Å²) in [7, 11) is 0. The zero-order valence-corrected chi connectivity index (χ0v) is 10.5. The molecular formula is C15H21NO. The van der Waals surface area contributed by atoms with Gasteiger partial charge in [0.05, 0.1) is 6.61 Å². The van der Waals surface area contributed by atoms with Crippen molar-refractivity contribution < 1.29 is 4.74 Å². The van der Waals surface area contributed by atoms with E-state index in [0.29, 0.717) is 6.04 Å². The van der Waals surface area contributed by atoms with E-state index in [9.17, 15) is 0 Å². The van der Waals surface area contributed by atoms with Crippen LogP contribution in [0.5, 0.6) is 5.75 Å². The van der Waals surface area contributed by atoms with E-state index in [1.165, 1.54) is 24.8 Å². The topological polar surface area (TPSA) is 21.3 Å². The molecule has 1 atom stereocenters. The van der Waals surface area contributed by atoms with Crippen molar-refractivity contribution in [2.75, 3.05) is 13.2 Å². The van der Waals surface area contributed by atoms with E-state index in [0.717, 1.165) is 18.9 Å². The number of nitrogens with one attached hydrogen (secondary N) is 1. The van der Waals surface area contributed by atoms with Crippen LogP contribution in [0.1, 0.15) is 31.7 Å². The highest BCUT2D eigenvalue weighted by Crippen LogP contribution is 2.14. The minimum atomic E-state index is 0.551. The first-order valence-electron chi connectivity index (χ1n) is 6.53. The Morgan fingerprint density at radius 3 is 2.76 bits per heavy atom. The molecule has 92 valence electrons. The maximum atomic E-state index is 5.42. The smallest absolute Gasteiger partial charge is 0.119 e. The summed E-state index contributed by atoms with van der Waals surface area (Å²) in [6, 6.07) is 8.80. The first-order valence-corrected chi connectivity index (χ1v) is 6.53. The zero-order chi connectivity index (χ0) is 11.9. The summed E-state index contributed by atoms with van der Waals surface area (Å²) in [5.41, 5.74) is 1.24. The molecule has 0 aromatic heterocycles. The zero-order valence-electron chi connectivity index (χ0n) is 10.5. The van der Waals surface area contributed by atoms with Crippen LogP contribution in [0.2, 0.25) is 0 Å². The molecule has 0 amide bonds. The molecule has 2 heteroatoms. The van der Waals surface area contributed by atoms with Crippen LogP contribution in [0, 0.1) is 0 Å². The number of hydrogen-bond acceptors (Lipinski definition) is 2. The third kappa shape index (κ3) is 3.90. The van der Waals surface area contributed by atoms with Crippen LogP contribution in [0.3, 0.4) is 0 Å². The molecule has 0 bridgehead atoms. The first kappa shape index (κ1) is 12.2. The lowest BCUT2D eigenvalue weighted by Crippen LogP contribution is -2.31. The normalized spacial score (nSPS) is 20.6. The summed E-state index contributed by atoms with van der Waals surface area (Å²) in [6.07, 6.45) is 8.37. The highest BCUT2D eigenvalue weighted by atomic mass is 16.5. The average molecular weight is 231 g/mol. The van der Waals surface area contributed by atoms with Crippen LogP contribution in [0.15, 0.2) is 30.3 Å². The van der Waals surface area contributed by atoms with Crippen molar-refractivity contribution in [3.05, 3.63) is 35.9 Å². The van der Waals surface area contributed by atoms with E-state index >= 15 is 0 Å². The summed E-state index contributed by atoms with van der Waals surface area (Å²) in [5, 5.41) is 3.51. The van der Waals surface area contributed by atoms with Crippen molar-refractivity contribution in [1.29, 1.82) is 0 Å². The molecule has 1 saturated heterocycles. The quantitative estimate of drug-likeness (QED) is 0.859. The minimum Gasteiger partial charge on any atom is -0.494 e. The first-order chi connectivity index (χ1) is 8.38.